The zero-order valence-electron chi connectivity index (χ0n) is 15.8. The van der Waals surface area contributed by atoms with Gasteiger partial charge in [0.25, 0.3) is 5.91 Å². The molecular weight excluding hydrogens is 344 g/mol. The average Bonchev–Trinajstić information content (AvgIpc) is 3.54. The number of rotatable bonds is 5. The molecule has 0 atom stereocenters. The Bertz CT molecular complexity index is 694. The van der Waals surface area contributed by atoms with Crippen LogP contribution in [0.1, 0.15) is 67.0 Å². The van der Waals surface area contributed by atoms with Crippen molar-refractivity contribution in [3.63, 3.8) is 0 Å². The molecule has 2 amide bonds. The molecule has 1 N–H and O–H groups in total. The molecule has 1 aromatic rings. The number of hydrogen-bond donors (Lipinski definition) is 1. The van der Waals surface area contributed by atoms with E-state index in [1.165, 1.54) is 0 Å². The van der Waals surface area contributed by atoms with Gasteiger partial charge in [-0.2, -0.15) is 0 Å². The van der Waals surface area contributed by atoms with Gasteiger partial charge in [0, 0.05) is 57.5 Å². The zero-order chi connectivity index (χ0) is 18.9. The SMILES string of the molecule is O=C1CCC2(CCN(C(=O)c3cnc(C4CC4)nc3)CC2)CN1CCCO. The van der Waals surface area contributed by atoms with Gasteiger partial charge in [0.05, 0.1) is 5.56 Å². The standard InChI is InChI=1S/C20H28N4O3/c25-11-1-8-24-14-20(5-4-17(24)26)6-9-23(10-7-20)19(27)16-12-21-18(22-13-16)15-2-3-15/h12-13,15,25H,1-11,14H2. The summed E-state index contributed by atoms with van der Waals surface area (Å²) in [4.78, 5) is 37.4. The second kappa shape index (κ2) is 7.54. The van der Waals surface area contributed by atoms with Crippen molar-refractivity contribution in [2.75, 3.05) is 32.8 Å². The topological polar surface area (TPSA) is 86.6 Å². The van der Waals surface area contributed by atoms with Crippen molar-refractivity contribution < 1.29 is 14.7 Å². The lowest BCUT2D eigenvalue weighted by Crippen LogP contribution is -2.52. The molecule has 3 fully saturated rings. The van der Waals surface area contributed by atoms with E-state index in [0.717, 1.165) is 44.5 Å². The molecule has 0 bridgehead atoms. The first-order chi connectivity index (χ1) is 13.1. The van der Waals surface area contributed by atoms with Gasteiger partial charge in [-0.1, -0.05) is 0 Å². The average molecular weight is 372 g/mol. The van der Waals surface area contributed by atoms with E-state index in [1.807, 2.05) is 9.80 Å². The van der Waals surface area contributed by atoms with Crippen molar-refractivity contribution >= 4 is 11.8 Å². The zero-order valence-corrected chi connectivity index (χ0v) is 15.8. The molecule has 146 valence electrons. The van der Waals surface area contributed by atoms with Crippen molar-refractivity contribution in [2.24, 2.45) is 5.41 Å². The van der Waals surface area contributed by atoms with Gasteiger partial charge in [-0.05, 0) is 43.9 Å². The molecule has 27 heavy (non-hydrogen) atoms. The summed E-state index contributed by atoms with van der Waals surface area (Å²) in [5, 5.41) is 9.05. The third-order valence-corrected chi connectivity index (χ3v) is 6.31. The summed E-state index contributed by atoms with van der Waals surface area (Å²) < 4.78 is 0. The Morgan fingerprint density at radius 2 is 1.89 bits per heavy atom. The molecular formula is C20H28N4O3. The van der Waals surface area contributed by atoms with E-state index in [1.54, 1.807) is 12.4 Å². The minimum Gasteiger partial charge on any atom is -0.396 e. The maximum absolute atomic E-state index is 12.8. The Kier molecular flexibility index (Phi) is 5.12. The van der Waals surface area contributed by atoms with Gasteiger partial charge in [0.15, 0.2) is 0 Å². The van der Waals surface area contributed by atoms with Crippen molar-refractivity contribution in [2.45, 2.75) is 50.9 Å². The Labute approximate surface area is 159 Å². The molecule has 1 aliphatic carbocycles. The molecule has 0 radical (unpaired) electrons. The smallest absolute Gasteiger partial charge is 0.256 e. The van der Waals surface area contributed by atoms with Gasteiger partial charge in [0.1, 0.15) is 5.82 Å². The van der Waals surface area contributed by atoms with Crippen LogP contribution in [0.4, 0.5) is 0 Å². The van der Waals surface area contributed by atoms with Crippen molar-refractivity contribution in [1.82, 2.24) is 19.8 Å². The van der Waals surface area contributed by atoms with Crippen LogP contribution in [0.2, 0.25) is 0 Å². The molecule has 3 heterocycles. The third-order valence-electron chi connectivity index (χ3n) is 6.31. The number of aliphatic hydroxyl groups excluding tert-OH is 1. The molecule has 0 unspecified atom stereocenters. The van der Waals surface area contributed by atoms with Crippen LogP contribution in [0.15, 0.2) is 12.4 Å². The van der Waals surface area contributed by atoms with Crippen LogP contribution in [-0.2, 0) is 4.79 Å². The highest BCUT2D eigenvalue weighted by Crippen LogP contribution is 2.40. The first kappa shape index (κ1) is 18.3. The fourth-order valence-corrected chi connectivity index (χ4v) is 4.34. The van der Waals surface area contributed by atoms with E-state index in [4.69, 9.17) is 5.11 Å². The largest absolute Gasteiger partial charge is 0.396 e. The molecule has 4 rings (SSSR count). The van der Waals surface area contributed by atoms with Crippen LogP contribution in [0.3, 0.4) is 0 Å². The van der Waals surface area contributed by atoms with Crippen LogP contribution < -0.4 is 0 Å². The predicted molar refractivity (Wildman–Crippen MR) is 99.1 cm³/mol. The maximum atomic E-state index is 12.8. The number of aromatic nitrogens is 2. The second-order valence-electron chi connectivity index (χ2n) is 8.29. The second-order valence-corrected chi connectivity index (χ2v) is 8.29. The van der Waals surface area contributed by atoms with E-state index >= 15 is 0 Å². The van der Waals surface area contributed by atoms with Crippen LogP contribution in [0.5, 0.6) is 0 Å². The number of amides is 2. The van der Waals surface area contributed by atoms with Gasteiger partial charge >= 0.3 is 0 Å². The molecule has 0 aromatic carbocycles. The summed E-state index contributed by atoms with van der Waals surface area (Å²) in [7, 11) is 0. The van der Waals surface area contributed by atoms with E-state index in [0.29, 0.717) is 44.0 Å². The van der Waals surface area contributed by atoms with Crippen molar-refractivity contribution in [3.05, 3.63) is 23.8 Å². The van der Waals surface area contributed by atoms with Crippen molar-refractivity contribution in [3.8, 4) is 0 Å². The number of carbonyl (C=O) groups is 2. The Morgan fingerprint density at radius 3 is 2.52 bits per heavy atom. The molecule has 2 saturated heterocycles. The summed E-state index contributed by atoms with van der Waals surface area (Å²) in [6.45, 7) is 2.93. The minimum absolute atomic E-state index is 0.0104. The molecule has 1 aromatic heterocycles. The van der Waals surface area contributed by atoms with Crippen LogP contribution in [-0.4, -0.2) is 69.5 Å². The lowest BCUT2D eigenvalue weighted by Gasteiger charge is -2.47. The van der Waals surface area contributed by atoms with Crippen LogP contribution >= 0.6 is 0 Å². The van der Waals surface area contributed by atoms with Gasteiger partial charge < -0.3 is 14.9 Å². The highest BCUT2D eigenvalue weighted by molar-refractivity contribution is 5.93. The number of hydrogen-bond acceptors (Lipinski definition) is 5. The van der Waals surface area contributed by atoms with Crippen LogP contribution in [0.25, 0.3) is 0 Å². The molecule has 1 spiro atoms. The van der Waals surface area contributed by atoms with E-state index in [9.17, 15) is 9.59 Å². The Morgan fingerprint density at radius 1 is 1.19 bits per heavy atom. The third kappa shape index (κ3) is 3.98. The number of piperidine rings is 2. The van der Waals surface area contributed by atoms with E-state index < -0.39 is 0 Å². The quantitative estimate of drug-likeness (QED) is 0.848. The molecule has 7 heteroatoms. The summed E-state index contributed by atoms with van der Waals surface area (Å²) in [6, 6.07) is 0. The van der Waals surface area contributed by atoms with Gasteiger partial charge in [-0.25, -0.2) is 9.97 Å². The van der Waals surface area contributed by atoms with E-state index in [-0.39, 0.29) is 23.8 Å². The predicted octanol–water partition coefficient (Wildman–Crippen LogP) is 1.58. The van der Waals surface area contributed by atoms with Crippen molar-refractivity contribution in [1.29, 1.82) is 0 Å². The summed E-state index contributed by atoms with van der Waals surface area (Å²) in [5.41, 5.74) is 0.686. The fraction of sp³-hybridized carbons (Fsp3) is 0.700. The lowest BCUT2D eigenvalue weighted by atomic mass is 9.72. The Balaban J connectivity index is 1.35. The maximum Gasteiger partial charge on any atom is 0.256 e. The molecule has 7 nitrogen and oxygen atoms in total. The van der Waals surface area contributed by atoms with Gasteiger partial charge in [-0.3, -0.25) is 9.59 Å². The number of nitrogens with zero attached hydrogens (tertiary/aromatic N) is 4. The molecule has 3 aliphatic rings. The van der Waals surface area contributed by atoms with E-state index in [2.05, 4.69) is 9.97 Å². The lowest BCUT2D eigenvalue weighted by molar-refractivity contribution is -0.139. The van der Waals surface area contributed by atoms with Crippen LogP contribution in [0, 0.1) is 5.41 Å². The summed E-state index contributed by atoms with van der Waals surface area (Å²) in [5.74, 6) is 1.56. The summed E-state index contributed by atoms with van der Waals surface area (Å²) >= 11 is 0. The first-order valence-corrected chi connectivity index (χ1v) is 10.1. The number of carbonyl (C=O) groups excluding carboxylic acids is 2. The molecule has 1 saturated carbocycles. The molecule has 2 aliphatic heterocycles. The fourth-order valence-electron chi connectivity index (χ4n) is 4.34. The minimum atomic E-state index is 0.0104. The first-order valence-electron chi connectivity index (χ1n) is 10.1. The number of aliphatic hydroxyl groups is 1. The monoisotopic (exact) mass is 372 g/mol. The highest BCUT2D eigenvalue weighted by Gasteiger charge is 2.41. The Hall–Kier alpha value is -2.02. The normalized spacial score (nSPS) is 22.3. The number of likely N-dealkylation sites (tertiary alicyclic amines) is 2. The highest BCUT2D eigenvalue weighted by atomic mass is 16.3. The van der Waals surface area contributed by atoms with Gasteiger partial charge in [-0.15, -0.1) is 0 Å². The van der Waals surface area contributed by atoms with Gasteiger partial charge in [0.2, 0.25) is 5.91 Å². The summed E-state index contributed by atoms with van der Waals surface area (Å²) in [6.07, 6.45) is 9.60.